The largest absolute Gasteiger partial charge is 0.480 e. The van der Waals surface area contributed by atoms with Crippen molar-refractivity contribution in [2.45, 2.75) is 57.9 Å². The Kier molecular flexibility index (Phi) is 4.69. The molecule has 2 rings (SSSR count). The highest BCUT2D eigenvalue weighted by molar-refractivity contribution is 5.82. The zero-order chi connectivity index (χ0) is 14.6. The molecule has 0 heterocycles. The first-order valence-corrected chi connectivity index (χ1v) is 7.64. The summed E-state index contributed by atoms with van der Waals surface area (Å²) in [4.78, 5) is 11.8. The van der Waals surface area contributed by atoms with Crippen LogP contribution in [-0.4, -0.2) is 16.6 Å². The predicted molar refractivity (Wildman–Crippen MR) is 82.0 cm³/mol. The van der Waals surface area contributed by atoms with Crippen LogP contribution in [0.3, 0.4) is 0 Å². The molecule has 110 valence electrons. The van der Waals surface area contributed by atoms with E-state index in [4.69, 9.17) is 0 Å². The van der Waals surface area contributed by atoms with Crippen LogP contribution in [0.1, 0.15) is 51.0 Å². The van der Waals surface area contributed by atoms with Crippen LogP contribution in [0, 0.1) is 12.8 Å². The lowest BCUT2D eigenvalue weighted by Gasteiger charge is -2.30. The molecule has 0 amide bonds. The van der Waals surface area contributed by atoms with Crippen LogP contribution in [0.15, 0.2) is 24.3 Å². The fraction of sp³-hybridized carbons (Fsp3) is 0.588. The van der Waals surface area contributed by atoms with Crippen molar-refractivity contribution in [2.75, 3.05) is 5.32 Å². The molecule has 0 spiro atoms. The summed E-state index contributed by atoms with van der Waals surface area (Å²) in [5, 5.41) is 13.0. The van der Waals surface area contributed by atoms with E-state index in [1.54, 1.807) is 0 Å². The lowest BCUT2D eigenvalue weighted by Crippen LogP contribution is -2.46. The monoisotopic (exact) mass is 275 g/mol. The minimum absolute atomic E-state index is 0.677. The van der Waals surface area contributed by atoms with Crippen LogP contribution in [0.25, 0.3) is 0 Å². The third kappa shape index (κ3) is 3.33. The van der Waals surface area contributed by atoms with E-state index in [0.29, 0.717) is 18.8 Å². The molecule has 1 aromatic carbocycles. The van der Waals surface area contributed by atoms with Gasteiger partial charge in [-0.3, -0.25) is 0 Å². The van der Waals surface area contributed by atoms with Gasteiger partial charge in [-0.15, -0.1) is 0 Å². The molecule has 0 bridgehead atoms. The lowest BCUT2D eigenvalue weighted by atomic mass is 9.89. The average molecular weight is 275 g/mol. The van der Waals surface area contributed by atoms with Crippen molar-refractivity contribution >= 4 is 11.7 Å². The van der Waals surface area contributed by atoms with E-state index in [0.717, 1.165) is 31.4 Å². The molecule has 3 nitrogen and oxygen atoms in total. The number of carboxylic acids is 1. The normalized spacial score (nSPS) is 26.8. The van der Waals surface area contributed by atoms with Gasteiger partial charge in [-0.05, 0) is 44.2 Å². The van der Waals surface area contributed by atoms with Gasteiger partial charge in [0.2, 0.25) is 0 Å². The molecule has 1 fully saturated rings. The molecule has 20 heavy (non-hydrogen) atoms. The molecule has 3 heteroatoms. The summed E-state index contributed by atoms with van der Waals surface area (Å²) < 4.78 is 0. The van der Waals surface area contributed by atoms with E-state index in [9.17, 15) is 9.90 Å². The highest BCUT2D eigenvalue weighted by atomic mass is 16.4. The average Bonchev–Trinajstić information content (AvgIpc) is 2.65. The van der Waals surface area contributed by atoms with E-state index in [-0.39, 0.29) is 0 Å². The Morgan fingerprint density at radius 1 is 1.30 bits per heavy atom. The SMILES string of the molecule is CCC1CCCC(Nc2ccc(C)cc2)(C(=O)O)CC1. The predicted octanol–water partition coefficient (Wildman–Crippen LogP) is 4.22. The minimum Gasteiger partial charge on any atom is -0.480 e. The smallest absolute Gasteiger partial charge is 0.329 e. The topological polar surface area (TPSA) is 49.3 Å². The molecule has 0 aromatic heterocycles. The Hall–Kier alpha value is -1.51. The van der Waals surface area contributed by atoms with Crippen LogP contribution in [-0.2, 0) is 4.79 Å². The van der Waals surface area contributed by atoms with E-state index in [2.05, 4.69) is 12.2 Å². The summed E-state index contributed by atoms with van der Waals surface area (Å²) in [5.41, 5.74) is 1.30. The highest BCUT2D eigenvalue weighted by Gasteiger charge is 2.39. The van der Waals surface area contributed by atoms with E-state index in [1.165, 1.54) is 5.56 Å². The second-order valence-electron chi connectivity index (χ2n) is 6.08. The van der Waals surface area contributed by atoms with Gasteiger partial charge in [0.25, 0.3) is 0 Å². The third-order valence-electron chi connectivity index (χ3n) is 4.62. The fourth-order valence-electron chi connectivity index (χ4n) is 3.13. The summed E-state index contributed by atoms with van der Waals surface area (Å²) >= 11 is 0. The number of rotatable bonds is 4. The number of hydrogen-bond acceptors (Lipinski definition) is 2. The zero-order valence-electron chi connectivity index (χ0n) is 12.5. The molecule has 2 N–H and O–H groups in total. The number of hydrogen-bond donors (Lipinski definition) is 2. The van der Waals surface area contributed by atoms with Crippen molar-refractivity contribution in [1.82, 2.24) is 0 Å². The molecule has 1 aromatic rings. The molecular formula is C17H25NO2. The number of anilines is 1. The van der Waals surface area contributed by atoms with Crippen molar-refractivity contribution in [3.05, 3.63) is 29.8 Å². The summed E-state index contributed by atoms with van der Waals surface area (Å²) in [6.07, 6.45) is 5.73. The van der Waals surface area contributed by atoms with Crippen LogP contribution in [0.5, 0.6) is 0 Å². The van der Waals surface area contributed by atoms with Crippen molar-refractivity contribution in [3.8, 4) is 0 Å². The maximum absolute atomic E-state index is 11.8. The van der Waals surface area contributed by atoms with Gasteiger partial charge in [0.05, 0.1) is 0 Å². The number of aliphatic carboxylic acids is 1. The van der Waals surface area contributed by atoms with Crippen LogP contribution in [0.4, 0.5) is 5.69 Å². The van der Waals surface area contributed by atoms with Crippen LogP contribution >= 0.6 is 0 Å². The fourth-order valence-corrected chi connectivity index (χ4v) is 3.13. The summed E-state index contributed by atoms with van der Waals surface area (Å²) in [6, 6.07) is 7.98. The molecular weight excluding hydrogens is 250 g/mol. The molecule has 2 atom stereocenters. The number of carboxylic acid groups (broad SMARTS) is 1. The standard InChI is InChI=1S/C17H25NO2/c1-3-14-5-4-11-17(12-10-14,16(19)20)18-15-8-6-13(2)7-9-15/h6-9,14,18H,3-5,10-12H2,1-2H3,(H,19,20). The molecule has 0 aliphatic heterocycles. The van der Waals surface area contributed by atoms with E-state index in [1.807, 2.05) is 31.2 Å². The zero-order valence-corrected chi connectivity index (χ0v) is 12.5. The van der Waals surface area contributed by atoms with E-state index >= 15 is 0 Å². The maximum Gasteiger partial charge on any atom is 0.329 e. The highest BCUT2D eigenvalue weighted by Crippen LogP contribution is 2.34. The van der Waals surface area contributed by atoms with Gasteiger partial charge in [0, 0.05) is 5.69 Å². The van der Waals surface area contributed by atoms with Gasteiger partial charge in [0.15, 0.2) is 0 Å². The Bertz CT molecular complexity index is 455. The van der Waals surface area contributed by atoms with Gasteiger partial charge in [-0.25, -0.2) is 4.79 Å². The number of carbonyl (C=O) groups is 1. The van der Waals surface area contributed by atoms with E-state index < -0.39 is 11.5 Å². The second kappa shape index (κ2) is 6.29. The number of nitrogens with one attached hydrogen (secondary N) is 1. The maximum atomic E-state index is 11.8. The quantitative estimate of drug-likeness (QED) is 0.809. The lowest BCUT2D eigenvalue weighted by molar-refractivity contribution is -0.142. The Balaban J connectivity index is 2.17. The van der Waals surface area contributed by atoms with Gasteiger partial charge in [0.1, 0.15) is 5.54 Å². The third-order valence-corrected chi connectivity index (χ3v) is 4.62. The molecule has 1 aliphatic rings. The van der Waals surface area contributed by atoms with Crippen molar-refractivity contribution in [1.29, 1.82) is 0 Å². The first-order valence-electron chi connectivity index (χ1n) is 7.64. The number of benzene rings is 1. The molecule has 0 radical (unpaired) electrons. The summed E-state index contributed by atoms with van der Waals surface area (Å²) in [7, 11) is 0. The summed E-state index contributed by atoms with van der Waals surface area (Å²) in [6.45, 7) is 4.24. The molecule has 1 saturated carbocycles. The first kappa shape index (κ1) is 14.9. The minimum atomic E-state index is -0.792. The first-order chi connectivity index (χ1) is 9.55. The number of aryl methyl sites for hydroxylation is 1. The van der Waals surface area contributed by atoms with Gasteiger partial charge < -0.3 is 10.4 Å². The van der Waals surface area contributed by atoms with Gasteiger partial charge in [-0.2, -0.15) is 0 Å². The Labute approximate surface area is 121 Å². The Morgan fingerprint density at radius 2 is 2.00 bits per heavy atom. The Morgan fingerprint density at radius 3 is 2.60 bits per heavy atom. The molecule has 0 saturated heterocycles. The van der Waals surface area contributed by atoms with Gasteiger partial charge in [-0.1, -0.05) is 43.9 Å². The van der Waals surface area contributed by atoms with Crippen LogP contribution in [0.2, 0.25) is 0 Å². The summed E-state index contributed by atoms with van der Waals surface area (Å²) in [5.74, 6) is -0.0362. The second-order valence-corrected chi connectivity index (χ2v) is 6.08. The van der Waals surface area contributed by atoms with Crippen molar-refractivity contribution < 1.29 is 9.90 Å². The van der Waals surface area contributed by atoms with Crippen LogP contribution < -0.4 is 5.32 Å². The molecule has 1 aliphatic carbocycles. The van der Waals surface area contributed by atoms with Gasteiger partial charge >= 0.3 is 5.97 Å². The molecule has 2 unspecified atom stereocenters. The van der Waals surface area contributed by atoms with Crippen molar-refractivity contribution in [3.63, 3.8) is 0 Å². The van der Waals surface area contributed by atoms with Crippen molar-refractivity contribution in [2.24, 2.45) is 5.92 Å².